The Morgan fingerprint density at radius 3 is 2.71 bits per heavy atom. The van der Waals surface area contributed by atoms with Gasteiger partial charge in [-0.3, -0.25) is 14.9 Å². The number of rotatable bonds is 5. The van der Waals surface area contributed by atoms with Crippen molar-refractivity contribution in [3.8, 4) is 0 Å². The van der Waals surface area contributed by atoms with Gasteiger partial charge in [-0.15, -0.1) is 0 Å². The van der Waals surface area contributed by atoms with Crippen LogP contribution in [0, 0.1) is 0 Å². The van der Waals surface area contributed by atoms with Crippen molar-refractivity contribution in [2.45, 2.75) is 50.4 Å². The number of aromatic amines is 1. The van der Waals surface area contributed by atoms with Crippen molar-refractivity contribution < 1.29 is 13.6 Å². The van der Waals surface area contributed by atoms with E-state index in [-0.39, 0.29) is 41.9 Å². The number of aliphatic imine (C=N–C) groups is 2. The lowest BCUT2D eigenvalue weighted by Crippen LogP contribution is -2.46. The summed E-state index contributed by atoms with van der Waals surface area (Å²) in [5.74, 6) is -1.00. The predicted molar refractivity (Wildman–Crippen MR) is 128 cm³/mol. The minimum absolute atomic E-state index is 0.0983. The molecule has 0 bridgehead atoms. The molecule has 0 spiro atoms. The van der Waals surface area contributed by atoms with E-state index in [0.29, 0.717) is 23.4 Å². The number of nitrogens with zero attached hydrogens (tertiary/aromatic N) is 5. The first-order valence-corrected chi connectivity index (χ1v) is 11.3. The second-order valence-electron chi connectivity index (χ2n) is 8.25. The smallest absolute Gasteiger partial charge is 0.289 e. The van der Waals surface area contributed by atoms with Crippen LogP contribution in [0.1, 0.15) is 65.8 Å². The fourth-order valence-corrected chi connectivity index (χ4v) is 4.22. The number of aromatic nitrogens is 4. The van der Waals surface area contributed by atoms with Crippen LogP contribution in [0.15, 0.2) is 52.7 Å². The molecule has 1 fully saturated rings. The number of allylic oxidation sites excluding steroid dienone is 1. The van der Waals surface area contributed by atoms with Crippen molar-refractivity contribution in [3.05, 3.63) is 65.4 Å². The molecule has 0 aromatic carbocycles. The highest BCUT2D eigenvalue weighted by atomic mass is 19.1. The maximum atomic E-state index is 14.7. The SMILES string of the molecule is C=C=C(F)/C(=N\C(=N/C)c1n[nH]c2c1C=CCC2F)N[C@H]1CCC[C@@H](NC(=O)c2ncccn2)C1. The van der Waals surface area contributed by atoms with E-state index in [4.69, 9.17) is 0 Å². The zero-order valence-corrected chi connectivity index (χ0v) is 19.3. The zero-order chi connectivity index (χ0) is 24.8. The Morgan fingerprint density at radius 1 is 1.26 bits per heavy atom. The van der Waals surface area contributed by atoms with Gasteiger partial charge >= 0.3 is 0 Å². The van der Waals surface area contributed by atoms with Gasteiger partial charge in [0.05, 0.1) is 5.69 Å². The third-order valence-corrected chi connectivity index (χ3v) is 5.90. The largest absolute Gasteiger partial charge is 0.364 e. The number of halogens is 2. The lowest BCUT2D eigenvalue weighted by molar-refractivity contribution is 0.0914. The fourth-order valence-electron chi connectivity index (χ4n) is 4.22. The lowest BCUT2D eigenvalue weighted by Gasteiger charge is -2.30. The predicted octanol–water partition coefficient (Wildman–Crippen LogP) is 3.37. The van der Waals surface area contributed by atoms with E-state index < -0.39 is 12.0 Å². The molecule has 35 heavy (non-hydrogen) atoms. The summed E-state index contributed by atoms with van der Waals surface area (Å²) in [7, 11) is 1.50. The molecule has 0 aliphatic heterocycles. The molecular formula is C24H26F2N8O. The Bertz CT molecular complexity index is 1210. The molecule has 2 aliphatic carbocycles. The van der Waals surface area contributed by atoms with Crippen molar-refractivity contribution in [3.63, 3.8) is 0 Å². The van der Waals surface area contributed by atoms with Gasteiger partial charge in [-0.2, -0.15) is 9.49 Å². The van der Waals surface area contributed by atoms with Gasteiger partial charge in [0.2, 0.25) is 11.7 Å². The number of amides is 1. The van der Waals surface area contributed by atoms with Crippen molar-refractivity contribution in [1.82, 2.24) is 30.8 Å². The summed E-state index contributed by atoms with van der Waals surface area (Å²) < 4.78 is 28.9. The third-order valence-electron chi connectivity index (χ3n) is 5.90. The summed E-state index contributed by atoms with van der Waals surface area (Å²) in [6, 6.07) is 1.32. The maximum Gasteiger partial charge on any atom is 0.289 e. The van der Waals surface area contributed by atoms with Crippen LogP contribution in [-0.2, 0) is 0 Å². The molecule has 182 valence electrons. The first-order chi connectivity index (χ1) is 17.0. The Hall–Kier alpha value is -3.98. The van der Waals surface area contributed by atoms with E-state index in [1.54, 1.807) is 18.2 Å². The average Bonchev–Trinajstić information content (AvgIpc) is 3.32. The van der Waals surface area contributed by atoms with Gasteiger partial charge < -0.3 is 10.6 Å². The van der Waals surface area contributed by atoms with Crippen molar-refractivity contribution in [1.29, 1.82) is 0 Å². The van der Waals surface area contributed by atoms with Gasteiger partial charge in [0.25, 0.3) is 5.91 Å². The van der Waals surface area contributed by atoms with E-state index >= 15 is 0 Å². The molecule has 2 aromatic heterocycles. The molecule has 4 rings (SSSR count). The van der Waals surface area contributed by atoms with Gasteiger partial charge in [0.15, 0.2) is 11.7 Å². The molecule has 3 N–H and O–H groups in total. The summed E-state index contributed by atoms with van der Waals surface area (Å²) in [5, 5.41) is 12.9. The molecule has 0 saturated heterocycles. The monoisotopic (exact) mass is 480 g/mol. The normalized spacial score (nSPS) is 22.2. The minimum atomic E-state index is -1.20. The van der Waals surface area contributed by atoms with Crippen LogP contribution in [0.2, 0.25) is 0 Å². The van der Waals surface area contributed by atoms with Crippen LogP contribution in [0.25, 0.3) is 6.08 Å². The number of hydrogen-bond acceptors (Lipinski definition) is 5. The van der Waals surface area contributed by atoms with Crippen LogP contribution >= 0.6 is 0 Å². The zero-order valence-electron chi connectivity index (χ0n) is 19.3. The molecule has 2 aromatic rings. The number of carbonyl (C=O) groups is 1. The minimum Gasteiger partial charge on any atom is -0.364 e. The first kappa shape index (κ1) is 24.2. The first-order valence-electron chi connectivity index (χ1n) is 11.3. The lowest BCUT2D eigenvalue weighted by atomic mass is 9.90. The molecule has 0 radical (unpaired) electrons. The van der Waals surface area contributed by atoms with Gasteiger partial charge in [-0.05, 0) is 31.7 Å². The summed E-state index contributed by atoms with van der Waals surface area (Å²) in [6.45, 7) is 3.39. The molecule has 3 atom stereocenters. The number of amidine groups is 2. The Balaban J connectivity index is 1.51. The fraction of sp³-hybridized carbons (Fsp3) is 0.375. The number of hydrogen-bond donors (Lipinski definition) is 3. The van der Waals surface area contributed by atoms with Crippen molar-refractivity contribution in [2.75, 3.05) is 7.05 Å². The number of alkyl halides is 1. The maximum absolute atomic E-state index is 14.7. The van der Waals surface area contributed by atoms with E-state index in [9.17, 15) is 13.6 Å². The quantitative estimate of drug-likeness (QED) is 0.344. The number of H-pyrrole nitrogens is 1. The van der Waals surface area contributed by atoms with Gasteiger partial charge in [-0.25, -0.2) is 19.4 Å². The van der Waals surface area contributed by atoms with Gasteiger partial charge in [-0.1, -0.05) is 24.5 Å². The second kappa shape index (κ2) is 11.0. The number of nitrogens with one attached hydrogen (secondary N) is 3. The molecular weight excluding hydrogens is 454 g/mol. The van der Waals surface area contributed by atoms with E-state index in [2.05, 4.69) is 53.1 Å². The van der Waals surface area contributed by atoms with Crippen LogP contribution in [0.4, 0.5) is 8.78 Å². The number of fused-ring (bicyclic) bond motifs is 1. The summed E-state index contributed by atoms with van der Waals surface area (Å²) >= 11 is 0. The van der Waals surface area contributed by atoms with Gasteiger partial charge in [0, 0.05) is 43.5 Å². The topological polar surface area (TPSA) is 120 Å². The van der Waals surface area contributed by atoms with Gasteiger partial charge in [0.1, 0.15) is 11.9 Å². The Labute approximate surface area is 201 Å². The standard InChI is InChI=1S/C24H26F2N8O/c1-3-17(25)21(32-22(27-2)20-16-9-5-10-18(26)19(16)33-34-20)30-14-7-4-8-15(13-14)31-24(35)23-28-11-6-12-29-23/h5-6,9,11-12,14-15,18H,1,4,7-8,10,13H2,2H3,(H,31,35)(H,33,34)(H,27,30,32)/t14-,15+,18?/m0/s1. The van der Waals surface area contributed by atoms with Crippen LogP contribution in [0.3, 0.4) is 0 Å². The summed E-state index contributed by atoms with van der Waals surface area (Å²) in [5.41, 5.74) is 3.44. The van der Waals surface area contributed by atoms with Crippen LogP contribution < -0.4 is 10.6 Å². The summed E-state index contributed by atoms with van der Waals surface area (Å²) in [4.78, 5) is 28.9. The molecule has 1 amide bonds. The molecule has 1 saturated carbocycles. The van der Waals surface area contributed by atoms with Crippen LogP contribution in [-0.4, -0.2) is 56.9 Å². The number of carbonyl (C=O) groups excluding carboxylic acids is 1. The van der Waals surface area contributed by atoms with E-state index in [1.165, 1.54) is 19.4 Å². The highest BCUT2D eigenvalue weighted by Gasteiger charge is 2.27. The molecule has 11 heteroatoms. The third kappa shape index (κ3) is 5.58. The van der Waals surface area contributed by atoms with Crippen LogP contribution in [0.5, 0.6) is 0 Å². The van der Waals surface area contributed by atoms with Crippen molar-refractivity contribution >= 4 is 23.7 Å². The molecule has 2 heterocycles. The van der Waals surface area contributed by atoms with Crippen molar-refractivity contribution in [2.24, 2.45) is 9.98 Å². The highest BCUT2D eigenvalue weighted by Crippen LogP contribution is 2.31. The Kier molecular flexibility index (Phi) is 7.57. The summed E-state index contributed by atoms with van der Waals surface area (Å²) in [6.07, 6.45) is 8.43. The Morgan fingerprint density at radius 2 is 2.00 bits per heavy atom. The van der Waals surface area contributed by atoms with E-state index in [0.717, 1.165) is 19.3 Å². The highest BCUT2D eigenvalue weighted by molar-refractivity contribution is 6.11. The second-order valence-corrected chi connectivity index (χ2v) is 8.25. The average molecular weight is 481 g/mol. The molecule has 2 aliphatic rings. The van der Waals surface area contributed by atoms with E-state index in [1.807, 2.05) is 0 Å². The molecule has 1 unspecified atom stereocenters. The molecule has 9 nitrogen and oxygen atoms in total.